The Bertz CT molecular complexity index is 1080. The van der Waals surface area contributed by atoms with E-state index >= 15 is 0 Å². The molecule has 0 spiro atoms. The molecular formula is C23H22N4O2S. The predicted molar refractivity (Wildman–Crippen MR) is 116 cm³/mol. The van der Waals surface area contributed by atoms with E-state index in [1.165, 1.54) is 11.8 Å². The highest BCUT2D eigenvalue weighted by Crippen LogP contribution is 2.27. The molecule has 0 saturated heterocycles. The number of nitrogens with zero attached hydrogens (tertiary/aromatic N) is 3. The molecule has 0 saturated carbocycles. The van der Waals surface area contributed by atoms with Crippen molar-refractivity contribution in [3.05, 3.63) is 96.2 Å². The van der Waals surface area contributed by atoms with Gasteiger partial charge in [-0.1, -0.05) is 60.3 Å². The van der Waals surface area contributed by atoms with Gasteiger partial charge in [0.15, 0.2) is 5.16 Å². The van der Waals surface area contributed by atoms with Gasteiger partial charge in [0.2, 0.25) is 5.91 Å². The number of hydrogen-bond acceptors (Lipinski definition) is 5. The summed E-state index contributed by atoms with van der Waals surface area (Å²) in [6.07, 6.45) is 2.25. The third-order valence-corrected chi connectivity index (χ3v) is 5.63. The van der Waals surface area contributed by atoms with Crippen LogP contribution in [0.4, 0.5) is 0 Å². The minimum atomic E-state index is -0.337. The van der Waals surface area contributed by atoms with Crippen molar-refractivity contribution in [1.29, 1.82) is 0 Å². The summed E-state index contributed by atoms with van der Waals surface area (Å²) < 4.78 is 7.29. The molecule has 2 heterocycles. The van der Waals surface area contributed by atoms with E-state index in [0.717, 1.165) is 22.8 Å². The lowest BCUT2D eigenvalue weighted by Crippen LogP contribution is -2.30. The van der Waals surface area contributed by atoms with E-state index < -0.39 is 0 Å². The summed E-state index contributed by atoms with van der Waals surface area (Å²) in [6.45, 7) is 2.23. The number of hydrogen-bond donors (Lipinski definition) is 1. The van der Waals surface area contributed by atoms with Crippen LogP contribution in [0.3, 0.4) is 0 Å². The smallest absolute Gasteiger partial charge is 0.233 e. The predicted octanol–water partition coefficient (Wildman–Crippen LogP) is 4.25. The maximum absolute atomic E-state index is 12.6. The van der Waals surface area contributed by atoms with Crippen molar-refractivity contribution in [3.8, 4) is 5.69 Å². The molecule has 0 bridgehead atoms. The molecule has 1 N–H and O–H groups in total. The summed E-state index contributed by atoms with van der Waals surface area (Å²) >= 11 is 1.39. The van der Waals surface area contributed by atoms with Crippen LogP contribution < -0.4 is 5.32 Å². The Hall–Kier alpha value is -3.32. The van der Waals surface area contributed by atoms with Crippen molar-refractivity contribution >= 4 is 17.7 Å². The number of aromatic nitrogens is 3. The largest absolute Gasteiger partial charge is 0.467 e. The summed E-state index contributed by atoms with van der Waals surface area (Å²) in [4.78, 5) is 12.6. The van der Waals surface area contributed by atoms with Crippen LogP contribution >= 0.6 is 11.8 Å². The Morgan fingerprint density at radius 1 is 1.03 bits per heavy atom. The number of benzene rings is 2. The van der Waals surface area contributed by atoms with Crippen molar-refractivity contribution in [2.45, 2.75) is 30.3 Å². The van der Waals surface area contributed by atoms with E-state index in [4.69, 9.17) is 4.42 Å². The average molecular weight is 419 g/mol. The fourth-order valence-corrected chi connectivity index (χ4v) is 3.96. The van der Waals surface area contributed by atoms with Crippen LogP contribution in [0.5, 0.6) is 0 Å². The Morgan fingerprint density at radius 2 is 1.77 bits per heavy atom. The van der Waals surface area contributed by atoms with Crippen molar-refractivity contribution < 1.29 is 9.21 Å². The first-order valence-corrected chi connectivity index (χ1v) is 10.6. The fourth-order valence-electron chi connectivity index (χ4n) is 3.05. The van der Waals surface area contributed by atoms with Crippen LogP contribution in [0.15, 0.2) is 88.6 Å². The van der Waals surface area contributed by atoms with Gasteiger partial charge in [-0.2, -0.15) is 0 Å². The molecular weight excluding hydrogens is 396 g/mol. The molecule has 7 heteroatoms. The monoisotopic (exact) mass is 418 g/mol. The second kappa shape index (κ2) is 9.45. The van der Waals surface area contributed by atoms with Crippen LogP contribution in [-0.4, -0.2) is 25.9 Å². The molecule has 0 fully saturated rings. The number of thioether (sulfide) groups is 1. The third-order valence-electron chi connectivity index (χ3n) is 4.59. The first-order chi connectivity index (χ1) is 14.7. The van der Waals surface area contributed by atoms with Crippen molar-refractivity contribution in [2.24, 2.45) is 0 Å². The number of para-hydroxylation sites is 1. The maximum Gasteiger partial charge on any atom is 0.233 e. The van der Waals surface area contributed by atoms with Gasteiger partial charge in [0.25, 0.3) is 0 Å². The standard InChI is InChI=1S/C23H22N4O2S/c1-17(22(28)24-16-20-13-8-14-29-20)30-23-26-25-21(15-18-9-4-2-5-10-18)27(23)19-11-6-3-7-12-19/h2-14,17H,15-16H2,1H3,(H,24,28). The van der Waals surface area contributed by atoms with E-state index in [0.29, 0.717) is 18.1 Å². The molecule has 0 aliphatic carbocycles. The van der Waals surface area contributed by atoms with Crippen molar-refractivity contribution in [2.75, 3.05) is 0 Å². The number of rotatable bonds is 8. The summed E-state index contributed by atoms with van der Waals surface area (Å²) in [6, 6.07) is 23.8. The molecule has 4 aromatic rings. The molecule has 0 aliphatic heterocycles. The lowest BCUT2D eigenvalue weighted by Gasteiger charge is -2.13. The second-order valence-corrected chi connectivity index (χ2v) is 8.10. The van der Waals surface area contributed by atoms with Gasteiger partial charge in [0.1, 0.15) is 11.6 Å². The summed E-state index contributed by atoms with van der Waals surface area (Å²) in [5.74, 6) is 1.47. The zero-order valence-corrected chi connectivity index (χ0v) is 17.4. The average Bonchev–Trinajstić information content (AvgIpc) is 3.43. The number of carbonyl (C=O) groups is 1. The van der Waals surface area contributed by atoms with E-state index in [2.05, 4.69) is 27.6 Å². The fraction of sp³-hybridized carbons (Fsp3) is 0.174. The third kappa shape index (κ3) is 4.80. The summed E-state index contributed by atoms with van der Waals surface area (Å²) in [5.41, 5.74) is 2.13. The van der Waals surface area contributed by atoms with Crippen molar-refractivity contribution in [3.63, 3.8) is 0 Å². The molecule has 1 atom stereocenters. The Balaban J connectivity index is 1.54. The van der Waals surface area contributed by atoms with E-state index in [9.17, 15) is 4.79 Å². The first-order valence-electron chi connectivity index (χ1n) is 9.71. The van der Waals surface area contributed by atoms with Crippen LogP contribution in [-0.2, 0) is 17.8 Å². The van der Waals surface area contributed by atoms with Crippen LogP contribution in [0.1, 0.15) is 24.1 Å². The minimum absolute atomic E-state index is 0.0800. The quantitative estimate of drug-likeness (QED) is 0.433. The molecule has 30 heavy (non-hydrogen) atoms. The number of nitrogens with one attached hydrogen (secondary N) is 1. The summed E-state index contributed by atoms with van der Waals surface area (Å²) in [7, 11) is 0. The Morgan fingerprint density at radius 3 is 2.47 bits per heavy atom. The zero-order chi connectivity index (χ0) is 20.8. The Labute approximate surface area is 179 Å². The van der Waals surface area contributed by atoms with Gasteiger partial charge >= 0.3 is 0 Å². The van der Waals surface area contributed by atoms with Gasteiger partial charge in [-0.05, 0) is 36.8 Å². The maximum atomic E-state index is 12.6. The number of furan rings is 1. The molecule has 2 aromatic heterocycles. The minimum Gasteiger partial charge on any atom is -0.467 e. The van der Waals surface area contributed by atoms with E-state index in [1.54, 1.807) is 12.3 Å². The zero-order valence-electron chi connectivity index (χ0n) is 16.6. The van der Waals surface area contributed by atoms with Gasteiger partial charge in [0.05, 0.1) is 18.1 Å². The second-order valence-electron chi connectivity index (χ2n) is 6.79. The van der Waals surface area contributed by atoms with E-state index in [1.807, 2.05) is 66.1 Å². The van der Waals surface area contributed by atoms with Gasteiger partial charge in [0, 0.05) is 12.1 Å². The molecule has 1 unspecified atom stereocenters. The van der Waals surface area contributed by atoms with Crippen molar-refractivity contribution in [1.82, 2.24) is 20.1 Å². The first kappa shape index (κ1) is 20.0. The van der Waals surface area contributed by atoms with Gasteiger partial charge in [-0.25, -0.2) is 0 Å². The molecule has 0 radical (unpaired) electrons. The van der Waals surface area contributed by atoms with E-state index in [-0.39, 0.29) is 11.2 Å². The summed E-state index contributed by atoms with van der Waals surface area (Å²) in [5, 5.41) is 12.1. The molecule has 6 nitrogen and oxygen atoms in total. The lowest BCUT2D eigenvalue weighted by atomic mass is 10.1. The lowest BCUT2D eigenvalue weighted by molar-refractivity contribution is -0.120. The highest BCUT2D eigenvalue weighted by molar-refractivity contribution is 8.00. The molecule has 0 aliphatic rings. The number of amides is 1. The highest BCUT2D eigenvalue weighted by atomic mass is 32.2. The van der Waals surface area contributed by atoms with Gasteiger partial charge < -0.3 is 9.73 Å². The van der Waals surface area contributed by atoms with Crippen LogP contribution in [0.25, 0.3) is 5.69 Å². The molecule has 4 rings (SSSR count). The van der Waals surface area contributed by atoms with Crippen LogP contribution in [0.2, 0.25) is 0 Å². The highest BCUT2D eigenvalue weighted by Gasteiger charge is 2.21. The Kier molecular flexibility index (Phi) is 6.29. The molecule has 1 amide bonds. The SMILES string of the molecule is CC(Sc1nnc(Cc2ccccc2)n1-c1ccccc1)C(=O)NCc1ccco1. The molecule has 2 aromatic carbocycles. The van der Waals surface area contributed by atoms with Gasteiger partial charge in [-0.3, -0.25) is 9.36 Å². The van der Waals surface area contributed by atoms with Gasteiger partial charge in [-0.15, -0.1) is 10.2 Å². The topological polar surface area (TPSA) is 73.0 Å². The number of carbonyl (C=O) groups excluding carboxylic acids is 1. The molecule has 152 valence electrons. The normalized spacial score (nSPS) is 11.9. The van der Waals surface area contributed by atoms with Crippen LogP contribution in [0, 0.1) is 0 Å².